The molecule has 2 heterocycles. The van der Waals surface area contributed by atoms with Crippen LogP contribution in [-0.2, 0) is 10.0 Å². The van der Waals surface area contributed by atoms with E-state index in [-0.39, 0.29) is 0 Å². The van der Waals surface area contributed by atoms with Crippen LogP contribution >= 0.6 is 23.2 Å². The number of benzene rings is 2. The minimum Gasteiger partial charge on any atom is -0.371 e. The fraction of sp³-hybridized carbons (Fsp3) is 0.333. The highest BCUT2D eigenvalue weighted by Crippen LogP contribution is 2.54. The number of carbonyl (C=O) groups is 1. The van der Waals surface area contributed by atoms with Crippen molar-refractivity contribution in [2.75, 3.05) is 24.2 Å². The Labute approximate surface area is 225 Å². The van der Waals surface area contributed by atoms with E-state index >= 15 is 0 Å². The smallest absolute Gasteiger partial charge is 0.264 e. The maximum atomic E-state index is 12.0. The van der Waals surface area contributed by atoms with Gasteiger partial charge in [0.15, 0.2) is 0 Å². The number of hydrogen-bond acceptors (Lipinski definition) is 6. The minimum absolute atomic E-state index is 0.314. The lowest BCUT2D eigenvalue weighted by molar-refractivity contribution is 0.0981. The average molecular weight is 558 g/mol. The fourth-order valence-corrected chi connectivity index (χ4v) is 6.37. The highest BCUT2D eigenvalue weighted by molar-refractivity contribution is 7.89. The van der Waals surface area contributed by atoms with E-state index in [1.54, 1.807) is 12.1 Å². The molecule has 1 aliphatic heterocycles. The van der Waals surface area contributed by atoms with Crippen LogP contribution in [0.25, 0.3) is 17.3 Å². The number of fused-ring (bicyclic) bond motifs is 1. The second-order valence-electron chi connectivity index (χ2n) is 10.1. The van der Waals surface area contributed by atoms with Crippen LogP contribution in [0, 0.1) is 17.8 Å². The molecule has 2 saturated carbocycles. The third kappa shape index (κ3) is 4.90. The molecule has 37 heavy (non-hydrogen) atoms. The van der Waals surface area contributed by atoms with Gasteiger partial charge in [-0.1, -0.05) is 46.6 Å². The SMILES string of the molecule is CS(=O)(=O)NC(=O)c1ccc(N2CC3C(/C=C/c4c(-c5c(Cl)cccc5Cl)noc4C4CC4)C3C2)cc1. The van der Waals surface area contributed by atoms with Crippen molar-refractivity contribution >= 4 is 50.9 Å². The summed E-state index contributed by atoms with van der Waals surface area (Å²) in [6, 6.07) is 12.5. The summed E-state index contributed by atoms with van der Waals surface area (Å²) in [5.74, 6) is 2.28. The van der Waals surface area contributed by atoms with Crippen LogP contribution in [0.2, 0.25) is 10.0 Å². The fourth-order valence-electron chi connectivity index (χ4n) is 5.34. The van der Waals surface area contributed by atoms with Gasteiger partial charge in [-0.3, -0.25) is 4.79 Å². The van der Waals surface area contributed by atoms with Gasteiger partial charge in [-0.25, -0.2) is 13.1 Å². The van der Waals surface area contributed by atoms with Crippen molar-refractivity contribution in [3.8, 4) is 11.3 Å². The van der Waals surface area contributed by atoms with E-state index in [0.717, 1.165) is 49.2 Å². The van der Waals surface area contributed by atoms with Crippen LogP contribution in [0.15, 0.2) is 53.1 Å². The molecule has 1 aromatic heterocycles. The maximum Gasteiger partial charge on any atom is 0.264 e. The van der Waals surface area contributed by atoms with E-state index in [0.29, 0.717) is 50.5 Å². The molecule has 0 bridgehead atoms. The number of anilines is 1. The van der Waals surface area contributed by atoms with Crippen LogP contribution in [0.5, 0.6) is 0 Å². The first-order valence-electron chi connectivity index (χ1n) is 12.2. The van der Waals surface area contributed by atoms with Crippen molar-refractivity contribution in [2.24, 2.45) is 17.8 Å². The van der Waals surface area contributed by atoms with Gasteiger partial charge in [-0.05, 0) is 67.0 Å². The number of allylic oxidation sites excluding steroid dienone is 1. The first-order valence-corrected chi connectivity index (χ1v) is 14.8. The standard InChI is InChI=1S/C27H25Cl2N3O4S/c1-37(34,35)31-27(33)16-7-9-17(10-8-16)32-13-20-18(21(20)14-32)11-12-19-25(30-36-26(19)15-5-6-15)24-22(28)3-2-4-23(24)29/h2-4,7-12,15,18,20-21H,5-6,13-14H2,1H3,(H,31,33)/b12-11+. The first kappa shape index (κ1) is 24.5. The lowest BCUT2D eigenvalue weighted by atomic mass is 10.0. The summed E-state index contributed by atoms with van der Waals surface area (Å²) in [5.41, 5.74) is 3.71. The Balaban J connectivity index is 1.15. The number of amides is 1. The molecule has 2 unspecified atom stereocenters. The van der Waals surface area contributed by atoms with Gasteiger partial charge in [0.05, 0.1) is 16.3 Å². The molecule has 3 aliphatic rings. The van der Waals surface area contributed by atoms with E-state index < -0.39 is 15.9 Å². The Hall–Kier alpha value is -2.81. The number of nitrogens with one attached hydrogen (secondary N) is 1. The van der Waals surface area contributed by atoms with Crippen LogP contribution in [0.1, 0.15) is 40.4 Å². The number of carbonyl (C=O) groups excluding carboxylic acids is 1. The molecule has 0 radical (unpaired) electrons. The summed E-state index contributed by atoms with van der Waals surface area (Å²) in [7, 11) is -3.59. The van der Waals surface area contributed by atoms with Crippen LogP contribution in [0.3, 0.4) is 0 Å². The van der Waals surface area contributed by atoms with E-state index in [4.69, 9.17) is 27.7 Å². The topological polar surface area (TPSA) is 92.5 Å². The van der Waals surface area contributed by atoms with Crippen LogP contribution in [0.4, 0.5) is 5.69 Å². The zero-order chi connectivity index (χ0) is 25.9. The summed E-state index contributed by atoms with van der Waals surface area (Å²) in [6.07, 6.45) is 7.58. The Kier molecular flexibility index (Phi) is 6.09. The molecule has 6 rings (SSSR count). The number of piperidine rings is 1. The van der Waals surface area contributed by atoms with Gasteiger partial charge in [-0.15, -0.1) is 0 Å². The van der Waals surface area contributed by atoms with Crippen molar-refractivity contribution in [3.05, 3.63) is 75.5 Å². The molecule has 3 fully saturated rings. The summed E-state index contributed by atoms with van der Waals surface area (Å²) >= 11 is 13.0. The van der Waals surface area contributed by atoms with Gasteiger partial charge in [0.1, 0.15) is 11.5 Å². The number of nitrogens with zero attached hydrogens (tertiary/aromatic N) is 2. The number of hydrogen-bond donors (Lipinski definition) is 1. The average Bonchev–Trinajstić information content (AvgIpc) is 3.71. The normalized spacial score (nSPS) is 22.9. The summed E-state index contributed by atoms with van der Waals surface area (Å²) < 4.78 is 30.4. The third-order valence-corrected chi connectivity index (χ3v) is 8.61. The summed E-state index contributed by atoms with van der Waals surface area (Å²) in [5, 5.41) is 5.47. The lowest BCUT2D eigenvalue weighted by Crippen LogP contribution is -2.29. The number of aromatic nitrogens is 1. The van der Waals surface area contributed by atoms with Crippen molar-refractivity contribution in [1.29, 1.82) is 0 Å². The second-order valence-corrected chi connectivity index (χ2v) is 12.7. The van der Waals surface area contributed by atoms with E-state index in [1.807, 2.05) is 35.1 Å². The molecule has 1 amide bonds. The highest BCUT2D eigenvalue weighted by Gasteiger charge is 2.54. The van der Waals surface area contributed by atoms with Crippen molar-refractivity contribution in [2.45, 2.75) is 18.8 Å². The van der Waals surface area contributed by atoms with E-state index in [2.05, 4.69) is 22.2 Å². The van der Waals surface area contributed by atoms with Gasteiger partial charge in [0, 0.05) is 41.4 Å². The Morgan fingerprint density at radius 3 is 2.32 bits per heavy atom. The minimum atomic E-state index is -3.59. The number of halogens is 2. The molecule has 1 N–H and O–H groups in total. The van der Waals surface area contributed by atoms with Gasteiger partial charge < -0.3 is 9.42 Å². The predicted molar refractivity (Wildman–Crippen MR) is 144 cm³/mol. The van der Waals surface area contributed by atoms with Crippen molar-refractivity contribution < 1.29 is 17.7 Å². The quantitative estimate of drug-likeness (QED) is 0.405. The van der Waals surface area contributed by atoms with Gasteiger partial charge >= 0.3 is 0 Å². The molecular weight excluding hydrogens is 533 g/mol. The number of sulfonamides is 1. The second kappa shape index (κ2) is 9.19. The first-order chi connectivity index (χ1) is 17.7. The van der Waals surface area contributed by atoms with E-state index in [9.17, 15) is 13.2 Å². The predicted octanol–water partition coefficient (Wildman–Crippen LogP) is 5.61. The monoisotopic (exact) mass is 557 g/mol. The van der Waals surface area contributed by atoms with Crippen LogP contribution in [-0.4, -0.2) is 38.8 Å². The van der Waals surface area contributed by atoms with E-state index in [1.165, 1.54) is 0 Å². The van der Waals surface area contributed by atoms with Gasteiger partial charge in [0.2, 0.25) is 10.0 Å². The lowest BCUT2D eigenvalue weighted by Gasteiger charge is -2.21. The van der Waals surface area contributed by atoms with Gasteiger partial charge in [0.25, 0.3) is 5.91 Å². The molecule has 3 aromatic rings. The third-order valence-electron chi connectivity index (χ3n) is 7.42. The highest BCUT2D eigenvalue weighted by atomic mass is 35.5. The maximum absolute atomic E-state index is 12.0. The molecule has 10 heteroatoms. The Bertz CT molecular complexity index is 1480. The van der Waals surface area contributed by atoms with Crippen molar-refractivity contribution in [1.82, 2.24) is 9.88 Å². The summed E-state index contributed by atoms with van der Waals surface area (Å²) in [4.78, 5) is 14.4. The van der Waals surface area contributed by atoms with Gasteiger partial charge in [-0.2, -0.15) is 0 Å². The van der Waals surface area contributed by atoms with Crippen LogP contribution < -0.4 is 9.62 Å². The Morgan fingerprint density at radius 1 is 1.08 bits per heavy atom. The molecule has 2 aliphatic carbocycles. The van der Waals surface area contributed by atoms with Crippen molar-refractivity contribution in [3.63, 3.8) is 0 Å². The zero-order valence-electron chi connectivity index (χ0n) is 20.0. The number of rotatable bonds is 7. The largest absolute Gasteiger partial charge is 0.371 e. The molecular formula is C27H25Cl2N3O4S. The molecule has 192 valence electrons. The molecule has 2 aromatic carbocycles. The molecule has 0 spiro atoms. The zero-order valence-corrected chi connectivity index (χ0v) is 22.4. The molecule has 1 saturated heterocycles. The summed E-state index contributed by atoms with van der Waals surface area (Å²) in [6.45, 7) is 1.85. The Morgan fingerprint density at radius 2 is 1.73 bits per heavy atom. The molecule has 2 atom stereocenters. The molecule has 7 nitrogen and oxygen atoms in total.